The highest BCUT2D eigenvalue weighted by Crippen LogP contribution is 2.39. The lowest BCUT2D eigenvalue weighted by molar-refractivity contribution is -0.139. The van der Waals surface area contributed by atoms with Gasteiger partial charge in [-0.15, -0.1) is 12.4 Å². The number of halogens is 4. The number of nitrogens with zero attached hydrogens (tertiary/aromatic N) is 2. The van der Waals surface area contributed by atoms with Crippen LogP contribution in [0.25, 0.3) is 11.1 Å². The van der Waals surface area contributed by atoms with Crippen molar-refractivity contribution >= 4 is 12.4 Å². The number of aromatic nitrogens is 2. The molecule has 0 atom stereocenters. The first-order chi connectivity index (χ1) is 10.3. The van der Waals surface area contributed by atoms with Crippen molar-refractivity contribution < 1.29 is 17.9 Å². The Balaban J connectivity index is 0.00000264. The number of benzene rings is 1. The predicted octanol–water partition coefficient (Wildman–Crippen LogP) is 3.74. The van der Waals surface area contributed by atoms with Crippen LogP contribution in [0.1, 0.15) is 19.4 Å². The third-order valence-electron chi connectivity index (χ3n) is 2.97. The Morgan fingerprint density at radius 3 is 2.52 bits per heavy atom. The Morgan fingerprint density at radius 2 is 1.96 bits per heavy atom. The summed E-state index contributed by atoms with van der Waals surface area (Å²) in [5.74, 6) is -0.166. The summed E-state index contributed by atoms with van der Waals surface area (Å²) < 4.78 is 46.5. The van der Waals surface area contributed by atoms with Crippen LogP contribution in [0, 0.1) is 0 Å². The van der Waals surface area contributed by atoms with Crippen LogP contribution in [0.3, 0.4) is 0 Å². The Kier molecular flexibility index (Phi) is 6.47. The smallest absolute Gasteiger partial charge is 0.419 e. The van der Waals surface area contributed by atoms with Crippen molar-refractivity contribution in [3.63, 3.8) is 0 Å². The average Bonchev–Trinajstić information content (AvgIpc) is 2.86. The maximum absolute atomic E-state index is 13.2. The van der Waals surface area contributed by atoms with Gasteiger partial charge in [0.05, 0.1) is 24.4 Å². The molecule has 0 fully saturated rings. The highest BCUT2D eigenvalue weighted by molar-refractivity contribution is 5.85. The second-order valence-corrected chi connectivity index (χ2v) is 5.16. The monoisotopic (exact) mass is 349 g/mol. The zero-order chi connectivity index (χ0) is 16.3. The fourth-order valence-corrected chi connectivity index (χ4v) is 2.05. The first-order valence-corrected chi connectivity index (χ1v) is 6.92. The van der Waals surface area contributed by atoms with Crippen LogP contribution in [0.15, 0.2) is 30.6 Å². The molecule has 1 aromatic carbocycles. The van der Waals surface area contributed by atoms with Gasteiger partial charge in [0.1, 0.15) is 5.75 Å². The molecule has 0 bridgehead atoms. The van der Waals surface area contributed by atoms with Gasteiger partial charge in [0.15, 0.2) is 0 Å². The molecule has 1 heterocycles. The zero-order valence-electron chi connectivity index (χ0n) is 12.8. The second-order valence-electron chi connectivity index (χ2n) is 5.16. The number of nitrogens with two attached hydrogens (primary N) is 1. The Labute approximate surface area is 138 Å². The molecule has 2 aromatic rings. The SMILES string of the molecule is CC(C)Oc1ccc(-c2cnn(CCN)c2)cc1C(F)(F)F.Cl. The molecule has 0 radical (unpaired) electrons. The predicted molar refractivity (Wildman–Crippen MR) is 84.7 cm³/mol. The molecule has 0 aliphatic rings. The number of alkyl halides is 3. The molecule has 0 amide bonds. The van der Waals surface area contributed by atoms with Crippen LogP contribution in [0.5, 0.6) is 5.75 Å². The first-order valence-electron chi connectivity index (χ1n) is 6.92. The molecule has 0 aliphatic carbocycles. The number of rotatable bonds is 5. The molecule has 0 spiro atoms. The molecule has 23 heavy (non-hydrogen) atoms. The molecule has 0 saturated carbocycles. The van der Waals surface area contributed by atoms with Crippen LogP contribution in [0.2, 0.25) is 0 Å². The van der Waals surface area contributed by atoms with Crippen molar-refractivity contribution in [1.82, 2.24) is 9.78 Å². The summed E-state index contributed by atoms with van der Waals surface area (Å²) in [5.41, 5.74) is 5.69. The van der Waals surface area contributed by atoms with Gasteiger partial charge < -0.3 is 10.5 Å². The van der Waals surface area contributed by atoms with Crippen molar-refractivity contribution in [2.75, 3.05) is 6.54 Å². The summed E-state index contributed by atoms with van der Waals surface area (Å²) in [6, 6.07) is 4.02. The zero-order valence-corrected chi connectivity index (χ0v) is 13.6. The normalized spacial score (nSPS) is 11.4. The summed E-state index contributed by atoms with van der Waals surface area (Å²) in [6.07, 6.45) is -1.62. The summed E-state index contributed by atoms with van der Waals surface area (Å²) in [6.45, 7) is 4.30. The van der Waals surface area contributed by atoms with E-state index >= 15 is 0 Å². The summed E-state index contributed by atoms with van der Waals surface area (Å²) >= 11 is 0. The van der Waals surface area contributed by atoms with Gasteiger partial charge in [-0.25, -0.2) is 0 Å². The van der Waals surface area contributed by atoms with E-state index in [4.69, 9.17) is 10.5 Å². The van der Waals surface area contributed by atoms with Crippen molar-refractivity contribution in [2.24, 2.45) is 5.73 Å². The Hall–Kier alpha value is -1.73. The van der Waals surface area contributed by atoms with E-state index < -0.39 is 11.7 Å². The van der Waals surface area contributed by atoms with Crippen molar-refractivity contribution in [3.05, 3.63) is 36.2 Å². The first kappa shape index (κ1) is 19.3. The third-order valence-corrected chi connectivity index (χ3v) is 2.97. The van der Waals surface area contributed by atoms with Gasteiger partial charge in [0.25, 0.3) is 0 Å². The topological polar surface area (TPSA) is 53.1 Å². The van der Waals surface area contributed by atoms with Crippen LogP contribution >= 0.6 is 12.4 Å². The van der Waals surface area contributed by atoms with E-state index in [1.807, 2.05) is 0 Å². The van der Waals surface area contributed by atoms with E-state index in [0.717, 1.165) is 6.07 Å². The van der Waals surface area contributed by atoms with Gasteiger partial charge in [-0.2, -0.15) is 18.3 Å². The maximum atomic E-state index is 13.2. The fraction of sp³-hybridized carbons (Fsp3) is 0.400. The third kappa shape index (κ3) is 4.87. The minimum atomic E-state index is -4.48. The molecule has 4 nitrogen and oxygen atoms in total. The van der Waals surface area contributed by atoms with Crippen LogP contribution in [0.4, 0.5) is 13.2 Å². The van der Waals surface area contributed by atoms with Gasteiger partial charge in [-0.05, 0) is 31.5 Å². The van der Waals surface area contributed by atoms with E-state index in [0.29, 0.717) is 24.2 Å². The molecular formula is C15H19ClF3N3O. The lowest BCUT2D eigenvalue weighted by Crippen LogP contribution is -2.13. The van der Waals surface area contributed by atoms with Crippen LogP contribution < -0.4 is 10.5 Å². The van der Waals surface area contributed by atoms with E-state index in [1.54, 1.807) is 30.8 Å². The highest BCUT2D eigenvalue weighted by Gasteiger charge is 2.35. The molecule has 2 N–H and O–H groups in total. The number of hydrogen-bond acceptors (Lipinski definition) is 3. The molecule has 1 aromatic heterocycles. The van der Waals surface area contributed by atoms with Crippen molar-refractivity contribution in [3.8, 4) is 16.9 Å². The fourth-order valence-electron chi connectivity index (χ4n) is 2.05. The number of ether oxygens (including phenoxy) is 1. The van der Waals surface area contributed by atoms with E-state index in [2.05, 4.69) is 5.10 Å². The van der Waals surface area contributed by atoms with E-state index in [-0.39, 0.29) is 24.3 Å². The van der Waals surface area contributed by atoms with Crippen molar-refractivity contribution in [2.45, 2.75) is 32.7 Å². The molecule has 0 saturated heterocycles. The van der Waals surface area contributed by atoms with Crippen LogP contribution in [-0.4, -0.2) is 22.4 Å². The molecule has 2 rings (SSSR count). The second kappa shape index (κ2) is 7.70. The van der Waals surface area contributed by atoms with Gasteiger partial charge in [-0.3, -0.25) is 4.68 Å². The lowest BCUT2D eigenvalue weighted by Gasteiger charge is -2.17. The van der Waals surface area contributed by atoms with Crippen LogP contribution in [-0.2, 0) is 12.7 Å². The summed E-state index contributed by atoms with van der Waals surface area (Å²) in [4.78, 5) is 0. The Morgan fingerprint density at radius 1 is 1.26 bits per heavy atom. The molecular weight excluding hydrogens is 331 g/mol. The lowest BCUT2D eigenvalue weighted by atomic mass is 10.0. The standard InChI is InChI=1S/C15H18F3N3O.ClH/c1-10(2)22-14-4-3-11(7-13(14)15(16,17)18)12-8-20-21(9-12)6-5-19;/h3-4,7-10H,5-6,19H2,1-2H3;1H. The van der Waals surface area contributed by atoms with E-state index in [9.17, 15) is 13.2 Å². The Bertz CT molecular complexity index is 641. The van der Waals surface area contributed by atoms with Gasteiger partial charge in [-0.1, -0.05) is 6.07 Å². The minimum Gasteiger partial charge on any atom is -0.490 e. The van der Waals surface area contributed by atoms with Gasteiger partial charge in [0, 0.05) is 18.3 Å². The summed E-state index contributed by atoms with van der Waals surface area (Å²) in [5, 5.41) is 4.07. The van der Waals surface area contributed by atoms with Crippen molar-refractivity contribution in [1.29, 1.82) is 0 Å². The number of hydrogen-bond donors (Lipinski definition) is 1. The highest BCUT2D eigenvalue weighted by atomic mass is 35.5. The van der Waals surface area contributed by atoms with Gasteiger partial charge >= 0.3 is 6.18 Å². The maximum Gasteiger partial charge on any atom is 0.419 e. The minimum absolute atomic E-state index is 0. The molecule has 0 unspecified atom stereocenters. The molecule has 128 valence electrons. The largest absolute Gasteiger partial charge is 0.490 e. The quantitative estimate of drug-likeness (QED) is 0.894. The summed E-state index contributed by atoms with van der Waals surface area (Å²) in [7, 11) is 0. The van der Waals surface area contributed by atoms with E-state index in [1.165, 1.54) is 12.3 Å². The molecule has 0 aliphatic heterocycles. The molecule has 8 heteroatoms. The van der Waals surface area contributed by atoms with Gasteiger partial charge in [0.2, 0.25) is 0 Å². The average molecular weight is 350 g/mol.